The van der Waals surface area contributed by atoms with Crippen molar-refractivity contribution in [2.24, 2.45) is 0 Å². The molecule has 0 unspecified atom stereocenters. The predicted octanol–water partition coefficient (Wildman–Crippen LogP) is 1.02. The molecule has 0 bridgehead atoms. The Hall–Kier alpha value is -0.795. The van der Waals surface area contributed by atoms with Crippen molar-refractivity contribution in [1.29, 1.82) is 0 Å². The van der Waals surface area contributed by atoms with Gasteiger partial charge in [-0.05, 0) is 17.9 Å². The highest BCUT2D eigenvalue weighted by atomic mass is 16.4. The first-order chi connectivity index (χ1) is 5.79. The molecule has 0 aromatic heterocycles. The lowest BCUT2D eigenvalue weighted by molar-refractivity contribution is 0.402. The van der Waals surface area contributed by atoms with E-state index in [1.54, 1.807) is 0 Å². The SMILES string of the molecule is OB(O)[C@H]1C[C@@H]1c1ccccc1. The van der Waals surface area contributed by atoms with Gasteiger partial charge in [-0.15, -0.1) is 0 Å². The summed E-state index contributed by atoms with van der Waals surface area (Å²) in [5.41, 5.74) is 1.22. The van der Waals surface area contributed by atoms with Crippen LogP contribution in [-0.4, -0.2) is 17.2 Å². The molecule has 0 aliphatic heterocycles. The Morgan fingerprint density at radius 2 is 1.83 bits per heavy atom. The van der Waals surface area contributed by atoms with Crippen molar-refractivity contribution in [2.45, 2.75) is 18.2 Å². The second-order valence-electron chi connectivity index (χ2n) is 3.33. The second-order valence-corrected chi connectivity index (χ2v) is 3.33. The van der Waals surface area contributed by atoms with Crippen LogP contribution in [0.2, 0.25) is 5.82 Å². The van der Waals surface area contributed by atoms with Gasteiger partial charge in [0.15, 0.2) is 0 Å². The monoisotopic (exact) mass is 162 g/mol. The van der Waals surface area contributed by atoms with Gasteiger partial charge in [0.05, 0.1) is 0 Å². The summed E-state index contributed by atoms with van der Waals surface area (Å²) in [6.45, 7) is 0. The fourth-order valence-corrected chi connectivity index (χ4v) is 1.63. The summed E-state index contributed by atoms with van der Waals surface area (Å²) in [5, 5.41) is 17.8. The van der Waals surface area contributed by atoms with E-state index >= 15 is 0 Å². The molecule has 1 aromatic rings. The minimum absolute atomic E-state index is 0.0624. The molecule has 0 heterocycles. The molecule has 1 fully saturated rings. The molecule has 0 radical (unpaired) electrons. The van der Waals surface area contributed by atoms with Crippen LogP contribution >= 0.6 is 0 Å². The Balaban J connectivity index is 2.06. The highest BCUT2D eigenvalue weighted by Crippen LogP contribution is 2.53. The van der Waals surface area contributed by atoms with Crippen molar-refractivity contribution in [3.8, 4) is 0 Å². The van der Waals surface area contributed by atoms with E-state index in [1.807, 2.05) is 30.3 Å². The third-order valence-electron chi connectivity index (χ3n) is 2.45. The lowest BCUT2D eigenvalue weighted by atomic mass is 9.81. The zero-order chi connectivity index (χ0) is 8.55. The third kappa shape index (κ3) is 1.38. The maximum absolute atomic E-state index is 8.88. The van der Waals surface area contributed by atoms with Crippen LogP contribution in [0.15, 0.2) is 30.3 Å². The Kier molecular flexibility index (Phi) is 1.91. The standard InChI is InChI=1S/C9H11BO2/c11-10(12)9-6-8(9)7-4-2-1-3-5-7/h1-5,8-9,11-12H,6H2/t8-,9+/m1/s1. The summed E-state index contributed by atoms with van der Waals surface area (Å²) >= 11 is 0. The number of hydrogen-bond donors (Lipinski definition) is 2. The van der Waals surface area contributed by atoms with Crippen molar-refractivity contribution >= 4 is 7.12 Å². The molecule has 2 nitrogen and oxygen atoms in total. The fourth-order valence-electron chi connectivity index (χ4n) is 1.63. The molecular formula is C9H11BO2. The zero-order valence-electron chi connectivity index (χ0n) is 6.72. The Bertz CT molecular complexity index is 260. The highest BCUT2D eigenvalue weighted by molar-refractivity contribution is 6.44. The van der Waals surface area contributed by atoms with Crippen LogP contribution in [0.1, 0.15) is 17.9 Å². The smallest absolute Gasteiger partial charge is 0.427 e. The lowest BCUT2D eigenvalue weighted by Gasteiger charge is -1.98. The lowest BCUT2D eigenvalue weighted by Crippen LogP contribution is -2.10. The maximum atomic E-state index is 8.88. The van der Waals surface area contributed by atoms with E-state index in [9.17, 15) is 0 Å². The van der Waals surface area contributed by atoms with E-state index in [-0.39, 0.29) is 5.82 Å². The predicted molar refractivity (Wildman–Crippen MR) is 47.7 cm³/mol. The van der Waals surface area contributed by atoms with E-state index < -0.39 is 7.12 Å². The summed E-state index contributed by atoms with van der Waals surface area (Å²) < 4.78 is 0. The first-order valence-corrected chi connectivity index (χ1v) is 4.20. The van der Waals surface area contributed by atoms with Crippen LogP contribution in [0.4, 0.5) is 0 Å². The highest BCUT2D eigenvalue weighted by Gasteiger charge is 2.45. The van der Waals surface area contributed by atoms with Gasteiger partial charge in [0, 0.05) is 5.82 Å². The molecule has 12 heavy (non-hydrogen) atoms. The quantitative estimate of drug-likeness (QED) is 0.637. The summed E-state index contributed by atoms with van der Waals surface area (Å²) in [6.07, 6.45) is 0.904. The molecule has 1 aliphatic carbocycles. The van der Waals surface area contributed by atoms with Crippen LogP contribution in [0, 0.1) is 0 Å². The number of benzene rings is 1. The van der Waals surface area contributed by atoms with Crippen LogP contribution in [0.25, 0.3) is 0 Å². The molecule has 2 atom stereocenters. The number of rotatable bonds is 2. The Morgan fingerprint density at radius 1 is 1.17 bits per heavy atom. The van der Waals surface area contributed by atoms with E-state index in [1.165, 1.54) is 5.56 Å². The molecule has 3 heteroatoms. The summed E-state index contributed by atoms with van der Waals surface area (Å²) in [6, 6.07) is 10.00. The summed E-state index contributed by atoms with van der Waals surface area (Å²) in [5.74, 6) is 0.429. The van der Waals surface area contributed by atoms with Crippen molar-refractivity contribution < 1.29 is 10.0 Å². The average Bonchev–Trinajstić information content (AvgIpc) is 2.84. The topological polar surface area (TPSA) is 40.5 Å². The van der Waals surface area contributed by atoms with Crippen molar-refractivity contribution in [2.75, 3.05) is 0 Å². The van der Waals surface area contributed by atoms with Gasteiger partial charge in [0.25, 0.3) is 0 Å². The minimum atomic E-state index is -1.14. The van der Waals surface area contributed by atoms with Crippen molar-refractivity contribution in [3.05, 3.63) is 35.9 Å². The molecule has 0 amide bonds. The van der Waals surface area contributed by atoms with Crippen LogP contribution in [-0.2, 0) is 0 Å². The van der Waals surface area contributed by atoms with Gasteiger partial charge in [0.2, 0.25) is 0 Å². The van der Waals surface area contributed by atoms with Gasteiger partial charge in [-0.3, -0.25) is 0 Å². The second kappa shape index (κ2) is 2.92. The van der Waals surface area contributed by atoms with E-state index in [0.29, 0.717) is 5.92 Å². The normalized spacial score (nSPS) is 26.8. The van der Waals surface area contributed by atoms with Gasteiger partial charge in [0.1, 0.15) is 0 Å². The summed E-state index contributed by atoms with van der Waals surface area (Å²) in [7, 11) is -1.14. The molecular weight excluding hydrogens is 151 g/mol. The van der Waals surface area contributed by atoms with Crippen LogP contribution < -0.4 is 0 Å². The van der Waals surface area contributed by atoms with E-state index in [0.717, 1.165) is 6.42 Å². The molecule has 1 aliphatic rings. The van der Waals surface area contributed by atoms with Gasteiger partial charge < -0.3 is 10.0 Å². The first-order valence-electron chi connectivity index (χ1n) is 4.20. The minimum Gasteiger partial charge on any atom is -0.427 e. The molecule has 1 aromatic carbocycles. The van der Waals surface area contributed by atoms with Gasteiger partial charge in [-0.1, -0.05) is 30.3 Å². The molecule has 1 saturated carbocycles. The third-order valence-corrected chi connectivity index (χ3v) is 2.45. The van der Waals surface area contributed by atoms with Crippen LogP contribution in [0.5, 0.6) is 0 Å². The maximum Gasteiger partial charge on any atom is 0.455 e. The van der Waals surface area contributed by atoms with Gasteiger partial charge >= 0.3 is 7.12 Å². The van der Waals surface area contributed by atoms with Crippen molar-refractivity contribution in [1.82, 2.24) is 0 Å². The first kappa shape index (κ1) is 7.83. The van der Waals surface area contributed by atoms with Gasteiger partial charge in [-0.25, -0.2) is 0 Å². The van der Waals surface area contributed by atoms with E-state index in [2.05, 4.69) is 0 Å². The van der Waals surface area contributed by atoms with E-state index in [4.69, 9.17) is 10.0 Å². The average molecular weight is 162 g/mol. The Labute approximate surface area is 72.0 Å². The largest absolute Gasteiger partial charge is 0.455 e. The number of hydrogen-bond acceptors (Lipinski definition) is 2. The molecule has 2 N–H and O–H groups in total. The fraction of sp³-hybridized carbons (Fsp3) is 0.333. The molecule has 2 rings (SSSR count). The molecule has 0 saturated heterocycles. The zero-order valence-corrected chi connectivity index (χ0v) is 6.72. The molecule has 62 valence electrons. The van der Waals surface area contributed by atoms with Gasteiger partial charge in [-0.2, -0.15) is 0 Å². The van der Waals surface area contributed by atoms with Crippen molar-refractivity contribution in [3.63, 3.8) is 0 Å². The molecule has 0 spiro atoms. The Morgan fingerprint density at radius 3 is 2.33 bits per heavy atom. The van der Waals surface area contributed by atoms with Crippen LogP contribution in [0.3, 0.4) is 0 Å². The summed E-state index contributed by atoms with van der Waals surface area (Å²) in [4.78, 5) is 0.